The molecule has 1 saturated heterocycles. The molecule has 2 N–H and O–H groups in total. The van der Waals surface area contributed by atoms with Gasteiger partial charge in [0.05, 0.1) is 13.2 Å². The second kappa shape index (κ2) is 11.1. The largest absolute Gasteiger partial charge is 0.497 e. The summed E-state index contributed by atoms with van der Waals surface area (Å²) < 4.78 is 5.17. The number of nitrogens with one attached hydrogen (secondary N) is 2. The lowest BCUT2D eigenvalue weighted by atomic mass is 10.1. The fourth-order valence-electron chi connectivity index (χ4n) is 3.69. The molecule has 2 heterocycles. The first-order valence-corrected chi connectivity index (χ1v) is 11.1. The van der Waals surface area contributed by atoms with Crippen molar-refractivity contribution in [3.8, 4) is 5.75 Å². The van der Waals surface area contributed by atoms with Crippen LogP contribution in [0.25, 0.3) is 0 Å². The number of urea groups is 1. The summed E-state index contributed by atoms with van der Waals surface area (Å²) in [5, 5.41) is 10.4. The molecular formula is C22H31N3O2S. The number of ether oxygens (including phenoxy) is 1. The fraction of sp³-hybridized carbons (Fsp3) is 0.500. The van der Waals surface area contributed by atoms with E-state index in [-0.39, 0.29) is 12.1 Å². The van der Waals surface area contributed by atoms with Gasteiger partial charge in [-0.15, -0.1) is 0 Å². The minimum Gasteiger partial charge on any atom is -0.497 e. The SMILES string of the molecule is COc1ccc(CCNC(=O)NCC(c2ccsc2)N2CCCCCC2)cc1. The molecule has 0 saturated carbocycles. The number of amides is 2. The summed E-state index contributed by atoms with van der Waals surface area (Å²) in [6.45, 7) is 3.48. The molecule has 1 aromatic carbocycles. The summed E-state index contributed by atoms with van der Waals surface area (Å²) in [5.74, 6) is 0.849. The van der Waals surface area contributed by atoms with E-state index in [0.29, 0.717) is 13.1 Å². The van der Waals surface area contributed by atoms with Crippen LogP contribution in [0.4, 0.5) is 4.79 Å². The highest BCUT2D eigenvalue weighted by molar-refractivity contribution is 7.07. The first kappa shape index (κ1) is 20.7. The molecule has 2 aromatic rings. The van der Waals surface area contributed by atoms with Crippen molar-refractivity contribution >= 4 is 17.4 Å². The van der Waals surface area contributed by atoms with Crippen LogP contribution in [0.1, 0.15) is 42.9 Å². The summed E-state index contributed by atoms with van der Waals surface area (Å²) in [4.78, 5) is 14.8. The van der Waals surface area contributed by atoms with Crippen molar-refractivity contribution in [1.82, 2.24) is 15.5 Å². The molecule has 1 atom stereocenters. The number of hydrogen-bond donors (Lipinski definition) is 2. The standard InChI is InChI=1S/C22H31N3O2S/c1-27-20-8-6-18(7-9-20)10-12-23-22(26)24-16-21(19-11-15-28-17-19)25-13-4-2-3-5-14-25/h6-9,11,15,17,21H,2-5,10,12-14,16H2,1H3,(H2,23,24,26). The van der Waals surface area contributed by atoms with E-state index in [2.05, 4.69) is 32.4 Å². The van der Waals surface area contributed by atoms with E-state index in [9.17, 15) is 4.79 Å². The van der Waals surface area contributed by atoms with E-state index in [1.807, 2.05) is 24.3 Å². The molecule has 6 heteroatoms. The lowest BCUT2D eigenvalue weighted by molar-refractivity contribution is 0.196. The molecule has 1 fully saturated rings. The van der Waals surface area contributed by atoms with E-state index in [4.69, 9.17) is 4.74 Å². The third-order valence-corrected chi connectivity index (χ3v) is 6.03. The minimum atomic E-state index is -0.0939. The number of likely N-dealkylation sites (tertiary alicyclic amines) is 1. The molecule has 1 aliphatic heterocycles. The van der Waals surface area contributed by atoms with Crippen LogP contribution in [-0.2, 0) is 6.42 Å². The van der Waals surface area contributed by atoms with Crippen molar-refractivity contribution in [2.24, 2.45) is 0 Å². The molecule has 28 heavy (non-hydrogen) atoms. The van der Waals surface area contributed by atoms with Gasteiger partial charge in [0, 0.05) is 13.1 Å². The summed E-state index contributed by atoms with van der Waals surface area (Å²) in [6, 6.07) is 10.3. The summed E-state index contributed by atoms with van der Waals surface area (Å²) in [7, 11) is 1.66. The Bertz CT molecular complexity index is 695. The number of carbonyl (C=O) groups excluding carboxylic acids is 1. The van der Waals surface area contributed by atoms with E-state index in [1.165, 1.54) is 36.8 Å². The maximum absolute atomic E-state index is 12.3. The number of hydrogen-bond acceptors (Lipinski definition) is 4. The quantitative estimate of drug-likeness (QED) is 0.696. The summed E-state index contributed by atoms with van der Waals surface area (Å²) in [5.41, 5.74) is 2.49. The maximum atomic E-state index is 12.3. The van der Waals surface area contributed by atoms with Crippen molar-refractivity contribution in [1.29, 1.82) is 0 Å². The van der Waals surface area contributed by atoms with Crippen LogP contribution in [0.3, 0.4) is 0 Å². The first-order valence-electron chi connectivity index (χ1n) is 10.2. The monoisotopic (exact) mass is 401 g/mol. The predicted octanol–water partition coefficient (Wildman–Crippen LogP) is 4.22. The summed E-state index contributed by atoms with van der Waals surface area (Å²) in [6.07, 6.45) is 5.92. The van der Waals surface area contributed by atoms with Crippen LogP contribution in [-0.4, -0.2) is 44.2 Å². The Morgan fingerprint density at radius 2 is 1.86 bits per heavy atom. The normalized spacial score (nSPS) is 16.2. The van der Waals surface area contributed by atoms with E-state index in [1.54, 1.807) is 18.4 Å². The van der Waals surface area contributed by atoms with Crippen LogP contribution in [0.2, 0.25) is 0 Å². The van der Waals surface area contributed by atoms with Crippen LogP contribution >= 0.6 is 11.3 Å². The van der Waals surface area contributed by atoms with Gasteiger partial charge in [-0.2, -0.15) is 11.3 Å². The van der Waals surface area contributed by atoms with Crippen molar-refractivity contribution in [3.63, 3.8) is 0 Å². The van der Waals surface area contributed by atoms with E-state index in [0.717, 1.165) is 25.3 Å². The van der Waals surface area contributed by atoms with Gasteiger partial charge in [-0.1, -0.05) is 25.0 Å². The highest BCUT2D eigenvalue weighted by atomic mass is 32.1. The maximum Gasteiger partial charge on any atom is 0.314 e. The topological polar surface area (TPSA) is 53.6 Å². The van der Waals surface area contributed by atoms with Crippen LogP contribution in [0.5, 0.6) is 5.75 Å². The Balaban J connectivity index is 1.46. The van der Waals surface area contributed by atoms with Crippen LogP contribution < -0.4 is 15.4 Å². The number of benzene rings is 1. The summed E-state index contributed by atoms with van der Waals surface area (Å²) >= 11 is 1.72. The lowest BCUT2D eigenvalue weighted by Gasteiger charge is -2.30. The molecular weight excluding hydrogens is 370 g/mol. The molecule has 1 aromatic heterocycles. The van der Waals surface area contributed by atoms with E-state index >= 15 is 0 Å². The zero-order chi connectivity index (χ0) is 19.6. The zero-order valence-electron chi connectivity index (χ0n) is 16.7. The van der Waals surface area contributed by atoms with Crippen molar-refractivity contribution in [2.75, 3.05) is 33.3 Å². The lowest BCUT2D eigenvalue weighted by Crippen LogP contribution is -2.43. The molecule has 3 rings (SSSR count). The molecule has 0 bridgehead atoms. The highest BCUT2D eigenvalue weighted by Crippen LogP contribution is 2.25. The molecule has 152 valence electrons. The molecule has 0 spiro atoms. The number of rotatable bonds is 8. The van der Waals surface area contributed by atoms with Crippen LogP contribution in [0, 0.1) is 0 Å². The fourth-order valence-corrected chi connectivity index (χ4v) is 4.40. The van der Waals surface area contributed by atoms with Crippen molar-refractivity contribution < 1.29 is 9.53 Å². The molecule has 5 nitrogen and oxygen atoms in total. The van der Waals surface area contributed by atoms with Gasteiger partial charge in [0.25, 0.3) is 0 Å². The van der Waals surface area contributed by atoms with Gasteiger partial charge >= 0.3 is 6.03 Å². The van der Waals surface area contributed by atoms with Gasteiger partial charge in [0.15, 0.2) is 0 Å². The van der Waals surface area contributed by atoms with Gasteiger partial charge in [-0.3, -0.25) is 4.90 Å². The third-order valence-electron chi connectivity index (χ3n) is 5.32. The molecule has 1 unspecified atom stereocenters. The van der Waals surface area contributed by atoms with Gasteiger partial charge in [-0.05, 0) is 72.4 Å². The van der Waals surface area contributed by atoms with Crippen molar-refractivity contribution in [2.45, 2.75) is 38.1 Å². The second-order valence-corrected chi connectivity index (χ2v) is 8.04. The Morgan fingerprint density at radius 1 is 1.11 bits per heavy atom. The minimum absolute atomic E-state index is 0.0939. The smallest absolute Gasteiger partial charge is 0.314 e. The van der Waals surface area contributed by atoms with E-state index < -0.39 is 0 Å². The average molecular weight is 402 g/mol. The van der Waals surface area contributed by atoms with Crippen LogP contribution in [0.15, 0.2) is 41.1 Å². The molecule has 0 radical (unpaired) electrons. The Hall–Kier alpha value is -2.05. The first-order chi connectivity index (χ1) is 13.8. The molecule has 1 aliphatic rings. The van der Waals surface area contributed by atoms with Gasteiger partial charge in [0.1, 0.15) is 5.75 Å². The zero-order valence-corrected chi connectivity index (χ0v) is 17.5. The average Bonchev–Trinajstić information content (AvgIpc) is 3.11. The predicted molar refractivity (Wildman–Crippen MR) is 115 cm³/mol. The van der Waals surface area contributed by atoms with Crippen molar-refractivity contribution in [3.05, 3.63) is 52.2 Å². The van der Waals surface area contributed by atoms with Gasteiger partial charge in [-0.25, -0.2) is 4.79 Å². The number of carbonyl (C=O) groups is 1. The molecule has 2 amide bonds. The Kier molecular flexibility index (Phi) is 8.18. The Morgan fingerprint density at radius 3 is 2.50 bits per heavy atom. The second-order valence-electron chi connectivity index (χ2n) is 7.26. The number of thiophene rings is 1. The number of nitrogens with zero attached hydrogens (tertiary/aromatic N) is 1. The number of methoxy groups -OCH3 is 1. The highest BCUT2D eigenvalue weighted by Gasteiger charge is 2.22. The molecule has 0 aliphatic carbocycles. The Labute approximate surface area is 172 Å². The van der Waals surface area contributed by atoms with Gasteiger partial charge < -0.3 is 15.4 Å². The van der Waals surface area contributed by atoms with Gasteiger partial charge in [0.2, 0.25) is 0 Å². The third kappa shape index (κ3) is 6.24.